The van der Waals surface area contributed by atoms with Gasteiger partial charge in [-0.15, -0.1) is 0 Å². The van der Waals surface area contributed by atoms with Crippen LogP contribution in [0.5, 0.6) is 0 Å². The normalized spacial score (nSPS) is 14.3. The lowest BCUT2D eigenvalue weighted by molar-refractivity contribution is -0.870. The topological polar surface area (TPSA) is 105 Å². The minimum atomic E-state index is -4.36. The molecule has 0 saturated carbocycles. The molecule has 0 aromatic carbocycles. The van der Waals surface area contributed by atoms with E-state index >= 15 is 0 Å². The number of allylic oxidation sites excluding steroid dienone is 17. The van der Waals surface area contributed by atoms with Crippen molar-refractivity contribution >= 4 is 13.7 Å². The number of quaternary nitrogens is 1. The predicted octanol–water partition coefficient (Wildman–Crippen LogP) is 23.1. The smallest absolute Gasteiger partial charge is 0.387 e. The fourth-order valence-corrected chi connectivity index (χ4v) is 11.0. The van der Waals surface area contributed by atoms with Gasteiger partial charge in [-0.3, -0.25) is 13.8 Å². The fourth-order valence-electron chi connectivity index (χ4n) is 10.2. The second-order valence-corrected chi connectivity index (χ2v) is 26.7. The molecule has 0 bridgehead atoms. The molecule has 1 amide bonds. The number of aliphatic hydroxyl groups excluding tert-OH is 1. The number of phosphoric acid groups is 1. The van der Waals surface area contributed by atoms with Gasteiger partial charge in [0.15, 0.2) is 0 Å². The van der Waals surface area contributed by atoms with Crippen molar-refractivity contribution < 1.29 is 32.9 Å². The zero-order valence-electron chi connectivity index (χ0n) is 56.3. The number of aliphatic hydroxyl groups is 1. The van der Waals surface area contributed by atoms with Crippen LogP contribution in [-0.4, -0.2) is 73.4 Å². The molecule has 0 aromatic heterocycles. The minimum Gasteiger partial charge on any atom is -0.387 e. The van der Waals surface area contributed by atoms with Gasteiger partial charge in [-0.2, -0.15) is 0 Å². The van der Waals surface area contributed by atoms with Gasteiger partial charge < -0.3 is 19.8 Å². The summed E-state index contributed by atoms with van der Waals surface area (Å²) in [6.07, 6.45) is 96.6. The number of hydrogen-bond donors (Lipinski definition) is 3. The van der Waals surface area contributed by atoms with E-state index in [4.69, 9.17) is 9.05 Å². The number of likely N-dealkylation sites (N-methyl/N-ethyl adjacent to an activating group) is 1. The molecule has 3 atom stereocenters. The molecular weight excluding hydrogens is 1070 g/mol. The van der Waals surface area contributed by atoms with E-state index in [-0.39, 0.29) is 19.1 Å². The molecule has 3 unspecified atom stereocenters. The van der Waals surface area contributed by atoms with Crippen molar-refractivity contribution in [1.29, 1.82) is 0 Å². The number of nitrogens with zero attached hydrogens (tertiary/aromatic N) is 1. The number of nitrogens with one attached hydrogen (secondary N) is 1. The summed E-state index contributed by atoms with van der Waals surface area (Å²) in [6, 6.07) is -0.858. The van der Waals surface area contributed by atoms with Crippen LogP contribution >= 0.6 is 7.82 Å². The molecule has 85 heavy (non-hydrogen) atoms. The molecule has 0 heterocycles. The molecule has 0 aliphatic heterocycles. The van der Waals surface area contributed by atoms with Crippen LogP contribution in [0.1, 0.15) is 316 Å². The van der Waals surface area contributed by atoms with E-state index in [1.54, 1.807) is 6.08 Å². The number of hydrogen-bond acceptors (Lipinski definition) is 5. The van der Waals surface area contributed by atoms with E-state index in [2.05, 4.69) is 116 Å². The minimum absolute atomic E-state index is 0.0565. The average Bonchev–Trinajstić information content (AvgIpc) is 3.48. The van der Waals surface area contributed by atoms with Crippen LogP contribution in [-0.2, 0) is 18.4 Å². The van der Waals surface area contributed by atoms with Crippen molar-refractivity contribution in [2.24, 2.45) is 0 Å². The number of phosphoric ester groups is 1. The molecule has 0 aliphatic carbocycles. The average molecular weight is 1210 g/mol. The largest absolute Gasteiger partial charge is 0.472 e. The number of unbranched alkanes of at least 4 members (excludes halogenated alkanes) is 36. The molecule has 492 valence electrons. The van der Waals surface area contributed by atoms with Gasteiger partial charge in [0.05, 0.1) is 39.9 Å². The van der Waals surface area contributed by atoms with E-state index in [1.165, 1.54) is 199 Å². The van der Waals surface area contributed by atoms with Crippen molar-refractivity contribution in [3.8, 4) is 0 Å². The Balaban J connectivity index is 4.12. The molecule has 0 fully saturated rings. The lowest BCUT2D eigenvalue weighted by Crippen LogP contribution is -2.45. The van der Waals surface area contributed by atoms with Gasteiger partial charge >= 0.3 is 7.82 Å². The Labute approximate surface area is 527 Å². The van der Waals surface area contributed by atoms with E-state index in [0.29, 0.717) is 17.4 Å². The van der Waals surface area contributed by atoms with Gasteiger partial charge in [0.2, 0.25) is 5.91 Å². The van der Waals surface area contributed by atoms with Crippen LogP contribution in [0.3, 0.4) is 0 Å². The van der Waals surface area contributed by atoms with Gasteiger partial charge in [0, 0.05) is 6.42 Å². The number of amides is 1. The summed E-state index contributed by atoms with van der Waals surface area (Å²) in [4.78, 5) is 23.4. The summed E-state index contributed by atoms with van der Waals surface area (Å²) in [5.74, 6) is -0.182. The van der Waals surface area contributed by atoms with Gasteiger partial charge in [-0.25, -0.2) is 4.57 Å². The van der Waals surface area contributed by atoms with Crippen molar-refractivity contribution in [2.75, 3.05) is 40.9 Å². The molecule has 0 radical (unpaired) electrons. The summed E-state index contributed by atoms with van der Waals surface area (Å²) >= 11 is 0. The third-order valence-corrected chi connectivity index (χ3v) is 16.7. The van der Waals surface area contributed by atoms with Crippen LogP contribution in [0.2, 0.25) is 0 Å². The first-order valence-electron chi connectivity index (χ1n) is 35.8. The third-order valence-electron chi connectivity index (χ3n) is 15.7. The van der Waals surface area contributed by atoms with Crippen LogP contribution in [0, 0.1) is 0 Å². The van der Waals surface area contributed by atoms with E-state index in [1.807, 2.05) is 27.2 Å². The zero-order valence-corrected chi connectivity index (χ0v) is 57.2. The summed E-state index contributed by atoms with van der Waals surface area (Å²) in [5, 5.41) is 14.0. The number of carbonyl (C=O) groups is 1. The Morgan fingerprint density at radius 1 is 0.412 bits per heavy atom. The summed E-state index contributed by atoms with van der Waals surface area (Å²) in [6.45, 7) is 4.73. The summed E-state index contributed by atoms with van der Waals surface area (Å²) < 4.78 is 23.8. The zero-order chi connectivity index (χ0) is 61.9. The van der Waals surface area contributed by atoms with E-state index in [9.17, 15) is 19.4 Å². The lowest BCUT2D eigenvalue weighted by atomic mass is 10.0. The van der Waals surface area contributed by atoms with Crippen LogP contribution in [0.4, 0.5) is 0 Å². The maximum Gasteiger partial charge on any atom is 0.472 e. The van der Waals surface area contributed by atoms with Gasteiger partial charge in [-0.05, 0) is 83.5 Å². The number of rotatable bonds is 65. The maximum atomic E-state index is 13.1. The Morgan fingerprint density at radius 2 is 0.706 bits per heavy atom. The molecular formula is C76H138N2O6P+. The Morgan fingerprint density at radius 3 is 1.04 bits per heavy atom. The molecule has 9 heteroatoms. The molecule has 0 rings (SSSR count). The first-order valence-corrected chi connectivity index (χ1v) is 37.3. The summed E-state index contributed by atoms with van der Waals surface area (Å²) in [7, 11) is 1.57. The maximum absolute atomic E-state index is 13.1. The van der Waals surface area contributed by atoms with Crippen molar-refractivity contribution in [3.05, 3.63) is 109 Å². The monoisotopic (exact) mass is 1210 g/mol. The van der Waals surface area contributed by atoms with Crippen molar-refractivity contribution in [2.45, 2.75) is 328 Å². The first-order chi connectivity index (χ1) is 41.5. The van der Waals surface area contributed by atoms with E-state index < -0.39 is 20.0 Å². The van der Waals surface area contributed by atoms with Crippen molar-refractivity contribution in [3.63, 3.8) is 0 Å². The molecule has 3 N–H and O–H groups in total. The quantitative estimate of drug-likeness (QED) is 0.0243. The van der Waals surface area contributed by atoms with Crippen molar-refractivity contribution in [1.82, 2.24) is 5.32 Å². The fraction of sp³-hybridized carbons (Fsp3) is 0.750. The van der Waals surface area contributed by atoms with Gasteiger partial charge in [0.25, 0.3) is 0 Å². The molecule has 0 spiro atoms. The summed E-state index contributed by atoms with van der Waals surface area (Å²) in [5.41, 5.74) is 0. The second-order valence-electron chi connectivity index (χ2n) is 25.2. The third kappa shape index (κ3) is 68.5. The predicted molar refractivity (Wildman–Crippen MR) is 373 cm³/mol. The number of carbonyl (C=O) groups excluding carboxylic acids is 1. The van der Waals surface area contributed by atoms with Crippen LogP contribution < -0.4 is 5.32 Å². The van der Waals surface area contributed by atoms with Crippen LogP contribution in [0.15, 0.2) is 109 Å². The lowest BCUT2D eigenvalue weighted by Gasteiger charge is -2.25. The Hall–Kier alpha value is -2.84. The second kappa shape index (κ2) is 65.6. The highest BCUT2D eigenvalue weighted by atomic mass is 31.2. The van der Waals surface area contributed by atoms with Gasteiger partial charge in [-0.1, -0.05) is 335 Å². The highest BCUT2D eigenvalue weighted by Crippen LogP contribution is 2.43. The first kappa shape index (κ1) is 82.2. The highest BCUT2D eigenvalue weighted by Gasteiger charge is 2.28. The highest BCUT2D eigenvalue weighted by molar-refractivity contribution is 7.47. The standard InChI is InChI=1S/C76H137N2O6P/c1-6-8-10-12-14-16-18-20-22-24-26-28-30-32-34-36-37-38-39-40-41-42-44-46-48-50-52-54-56-58-60-62-64-66-68-70-76(80)77-74(73-84-85(81,82)83-72-71-78(3,4)5)75(79)69-67-65-63-61-59-57-55-53-51-49-47-45-43-35-33-31-29-27-25-23-21-19-17-15-13-11-9-7-2/h8,10,14,16,20,22,26,28,32,34,37-38,40-41,44,46,67,69,74-75,79H,6-7,9,11-13,15,17-19,21,23-25,27,29-31,33,35-36,39,42-43,45,47-66,68,70-73H2,1-5H3,(H-,77,80,81,82)/p+1/b10-8-,16-14-,22-20-,28-26-,34-32-,38-37-,41-40-,46-44-,69-67+. The molecule has 0 saturated heterocycles. The SMILES string of the molecule is CC/C=C\C/C=C\C/C=C\C/C=C\C/C=C\C/C=C\C/C=C\C/C=C\CCCCCCCCCCCCC(=O)NC(COP(=O)(O)OCC[N+](C)(C)C)C(O)/C=C/CCCCCCCCCCCCCCCCCCCCCCCCCCCC. The van der Waals surface area contributed by atoms with Gasteiger partial charge in [0.1, 0.15) is 13.2 Å². The molecule has 0 aromatic rings. The molecule has 8 nitrogen and oxygen atoms in total. The Bertz CT molecular complexity index is 1760. The van der Waals surface area contributed by atoms with Crippen LogP contribution in [0.25, 0.3) is 0 Å². The molecule has 0 aliphatic rings. The Kier molecular flexibility index (Phi) is 63.4. The van der Waals surface area contributed by atoms with E-state index in [0.717, 1.165) is 96.3 Å².